The van der Waals surface area contributed by atoms with Crippen molar-refractivity contribution in [3.63, 3.8) is 0 Å². The Morgan fingerprint density at radius 3 is 2.77 bits per heavy atom. The van der Waals surface area contributed by atoms with Gasteiger partial charge in [-0.05, 0) is 35.0 Å². The monoisotopic (exact) mass is 466 g/mol. The molecule has 0 aliphatic carbocycles. The third-order valence-corrected chi connectivity index (χ3v) is 7.82. The highest BCUT2D eigenvalue weighted by Gasteiger charge is 2.34. The number of hydrogen-bond acceptors (Lipinski definition) is 8. The summed E-state index contributed by atoms with van der Waals surface area (Å²) < 4.78 is 1.88. The summed E-state index contributed by atoms with van der Waals surface area (Å²) in [6, 6.07) is 11.9. The normalized spacial score (nSPS) is 16.0. The molecule has 1 aliphatic heterocycles. The van der Waals surface area contributed by atoms with E-state index in [4.69, 9.17) is 5.10 Å². The first-order chi connectivity index (χ1) is 15.2. The molecule has 0 fully saturated rings. The Kier molecular flexibility index (Phi) is 5.66. The van der Waals surface area contributed by atoms with Crippen molar-refractivity contribution in [1.29, 1.82) is 0 Å². The maximum Gasteiger partial charge on any atom is 0.253 e. The Hall–Kier alpha value is -2.82. The molecule has 0 saturated carbocycles. The summed E-state index contributed by atoms with van der Waals surface area (Å²) in [4.78, 5) is 19.6. The molecule has 0 N–H and O–H groups in total. The van der Waals surface area contributed by atoms with Crippen molar-refractivity contribution >= 4 is 46.1 Å². The minimum Gasteiger partial charge on any atom is -0.305 e. The van der Waals surface area contributed by atoms with E-state index in [2.05, 4.69) is 27.3 Å². The van der Waals surface area contributed by atoms with Crippen LogP contribution in [0.2, 0.25) is 0 Å². The number of carbonyl (C=O) groups is 1. The van der Waals surface area contributed by atoms with Crippen LogP contribution in [0.1, 0.15) is 22.2 Å². The van der Waals surface area contributed by atoms with Gasteiger partial charge in [-0.25, -0.2) is 5.01 Å². The number of thiophene rings is 2. The zero-order valence-corrected chi connectivity index (χ0v) is 19.0. The molecular formula is C21H18N6OS3. The number of nitrogens with zero attached hydrogens (tertiary/aromatic N) is 6. The number of carbonyl (C=O) groups excluding carboxylic acids is 1. The van der Waals surface area contributed by atoms with Gasteiger partial charge in [0.1, 0.15) is 0 Å². The van der Waals surface area contributed by atoms with Gasteiger partial charge in [-0.15, -0.1) is 32.9 Å². The van der Waals surface area contributed by atoms with Crippen LogP contribution in [-0.4, -0.2) is 42.1 Å². The molecule has 7 nitrogen and oxygen atoms in total. The maximum atomic E-state index is 13.2. The number of hydrazone groups is 1. The molecule has 156 valence electrons. The topological polar surface area (TPSA) is 76.3 Å². The fourth-order valence-electron chi connectivity index (χ4n) is 3.41. The van der Waals surface area contributed by atoms with Gasteiger partial charge in [-0.3, -0.25) is 9.78 Å². The van der Waals surface area contributed by atoms with Crippen molar-refractivity contribution in [3.05, 3.63) is 69.3 Å². The second-order valence-electron chi connectivity index (χ2n) is 6.89. The first kappa shape index (κ1) is 20.1. The lowest BCUT2D eigenvalue weighted by molar-refractivity contribution is -0.130. The second-order valence-corrected chi connectivity index (χ2v) is 9.76. The minimum absolute atomic E-state index is 0.0408. The highest BCUT2D eigenvalue weighted by atomic mass is 32.2. The van der Waals surface area contributed by atoms with Gasteiger partial charge in [-0.2, -0.15) is 5.10 Å². The SMILES string of the molecule is Cn1c(SCC(=O)N2N=C(c3cccs3)C[C@H]2c2cccs2)nnc1-c1cccnc1. The molecule has 0 bridgehead atoms. The zero-order valence-electron chi connectivity index (χ0n) is 16.6. The van der Waals surface area contributed by atoms with Crippen LogP contribution in [0.25, 0.3) is 11.4 Å². The predicted molar refractivity (Wildman–Crippen MR) is 124 cm³/mol. The number of pyridine rings is 1. The fraction of sp³-hybridized carbons (Fsp3) is 0.190. The van der Waals surface area contributed by atoms with Gasteiger partial charge < -0.3 is 4.57 Å². The van der Waals surface area contributed by atoms with E-state index in [0.717, 1.165) is 33.3 Å². The molecule has 1 amide bonds. The first-order valence-corrected chi connectivity index (χ1v) is 12.3. The number of hydrogen-bond donors (Lipinski definition) is 0. The van der Waals surface area contributed by atoms with Crippen LogP contribution in [0, 0.1) is 0 Å². The molecule has 1 aliphatic rings. The van der Waals surface area contributed by atoms with Crippen LogP contribution in [0.15, 0.2) is 69.8 Å². The van der Waals surface area contributed by atoms with Gasteiger partial charge >= 0.3 is 0 Å². The van der Waals surface area contributed by atoms with Crippen LogP contribution in [-0.2, 0) is 11.8 Å². The van der Waals surface area contributed by atoms with E-state index in [0.29, 0.717) is 5.16 Å². The van der Waals surface area contributed by atoms with Crippen LogP contribution in [0.3, 0.4) is 0 Å². The van der Waals surface area contributed by atoms with Gasteiger partial charge in [0, 0.05) is 36.3 Å². The Morgan fingerprint density at radius 1 is 1.16 bits per heavy atom. The summed E-state index contributed by atoms with van der Waals surface area (Å²) in [6.07, 6.45) is 4.20. The van der Waals surface area contributed by atoms with Crippen molar-refractivity contribution in [2.24, 2.45) is 12.1 Å². The first-order valence-electron chi connectivity index (χ1n) is 9.60. The van der Waals surface area contributed by atoms with Gasteiger partial charge in [0.25, 0.3) is 5.91 Å². The molecule has 0 spiro atoms. The largest absolute Gasteiger partial charge is 0.305 e. The van der Waals surface area contributed by atoms with Crippen LogP contribution < -0.4 is 0 Å². The minimum atomic E-state index is -0.0596. The number of aromatic nitrogens is 4. The van der Waals surface area contributed by atoms with E-state index < -0.39 is 0 Å². The van der Waals surface area contributed by atoms with E-state index in [1.165, 1.54) is 11.8 Å². The molecule has 10 heteroatoms. The molecule has 4 aromatic heterocycles. The van der Waals surface area contributed by atoms with Crippen molar-refractivity contribution in [1.82, 2.24) is 24.8 Å². The van der Waals surface area contributed by atoms with Crippen LogP contribution in [0.4, 0.5) is 0 Å². The Balaban J connectivity index is 1.34. The van der Waals surface area contributed by atoms with Gasteiger partial charge in [0.15, 0.2) is 11.0 Å². The Morgan fingerprint density at radius 2 is 2.03 bits per heavy atom. The highest BCUT2D eigenvalue weighted by Crippen LogP contribution is 2.36. The molecular weight excluding hydrogens is 448 g/mol. The predicted octanol–water partition coefficient (Wildman–Crippen LogP) is 4.47. The number of thioether (sulfide) groups is 1. The molecule has 31 heavy (non-hydrogen) atoms. The lowest BCUT2D eigenvalue weighted by atomic mass is 10.1. The van der Waals surface area contributed by atoms with Crippen molar-refractivity contribution in [2.45, 2.75) is 17.6 Å². The third-order valence-electron chi connectivity index (χ3n) is 4.92. The summed E-state index contributed by atoms with van der Waals surface area (Å²) in [5.41, 5.74) is 1.85. The van der Waals surface area contributed by atoms with Crippen LogP contribution in [0.5, 0.6) is 0 Å². The van der Waals surface area contributed by atoms with Gasteiger partial charge in [-0.1, -0.05) is 23.9 Å². The van der Waals surface area contributed by atoms with Gasteiger partial charge in [0.2, 0.25) is 0 Å². The Bertz CT molecular complexity index is 1200. The van der Waals surface area contributed by atoms with Crippen molar-refractivity contribution < 1.29 is 4.79 Å². The summed E-state index contributed by atoms with van der Waals surface area (Å²) in [6.45, 7) is 0. The maximum absolute atomic E-state index is 13.2. The molecule has 5 rings (SSSR count). The lowest BCUT2D eigenvalue weighted by Gasteiger charge is -2.20. The number of amides is 1. The van der Waals surface area contributed by atoms with Crippen LogP contribution >= 0.6 is 34.4 Å². The lowest BCUT2D eigenvalue weighted by Crippen LogP contribution is -2.28. The molecule has 4 aromatic rings. The van der Waals surface area contributed by atoms with E-state index in [1.807, 2.05) is 46.6 Å². The summed E-state index contributed by atoms with van der Waals surface area (Å²) in [5.74, 6) is 0.918. The smallest absolute Gasteiger partial charge is 0.253 e. The van der Waals surface area contributed by atoms with E-state index in [-0.39, 0.29) is 17.7 Å². The molecule has 5 heterocycles. The average molecular weight is 467 g/mol. The molecule has 0 radical (unpaired) electrons. The molecule has 0 unspecified atom stereocenters. The zero-order chi connectivity index (χ0) is 21.2. The number of rotatable bonds is 6. The summed E-state index contributed by atoms with van der Waals surface area (Å²) in [5, 5.41) is 19.6. The van der Waals surface area contributed by atoms with Crippen molar-refractivity contribution in [2.75, 3.05) is 5.75 Å². The second kappa shape index (κ2) is 8.74. The van der Waals surface area contributed by atoms with E-state index in [1.54, 1.807) is 40.1 Å². The average Bonchev–Trinajstić information content (AvgIpc) is 3.59. The standard InChI is InChI=1S/C21H18N6OS3/c1-26-20(14-5-2-8-22-12-14)23-24-21(26)31-13-19(28)27-16(18-7-4-10-30-18)11-15(25-27)17-6-3-9-29-17/h2-10,12,16H,11,13H2,1H3/t16-/m0/s1. The molecule has 0 aromatic carbocycles. The highest BCUT2D eigenvalue weighted by molar-refractivity contribution is 7.99. The third kappa shape index (κ3) is 4.06. The fourth-order valence-corrected chi connectivity index (χ4v) is 5.71. The molecule has 0 saturated heterocycles. The van der Waals surface area contributed by atoms with E-state index in [9.17, 15) is 4.79 Å². The van der Waals surface area contributed by atoms with Crippen molar-refractivity contribution in [3.8, 4) is 11.4 Å². The van der Waals surface area contributed by atoms with Gasteiger partial charge in [0.05, 0.1) is 22.4 Å². The summed E-state index contributed by atoms with van der Waals surface area (Å²) in [7, 11) is 1.90. The van der Waals surface area contributed by atoms with E-state index >= 15 is 0 Å². The molecule has 1 atom stereocenters. The Labute approximate surface area is 191 Å². The quantitative estimate of drug-likeness (QED) is 0.392. The summed E-state index contributed by atoms with van der Waals surface area (Å²) >= 11 is 4.67.